The van der Waals surface area contributed by atoms with Gasteiger partial charge in [-0.2, -0.15) is 0 Å². The minimum Gasteiger partial charge on any atom is -0.364 e. The van der Waals surface area contributed by atoms with E-state index in [4.69, 9.17) is 0 Å². The van der Waals surface area contributed by atoms with Crippen molar-refractivity contribution in [2.45, 2.75) is 18.4 Å². The van der Waals surface area contributed by atoms with Crippen LogP contribution in [-0.2, 0) is 0 Å². The Kier molecular flexibility index (Phi) is 4.36. The van der Waals surface area contributed by atoms with E-state index in [2.05, 4.69) is 10.3 Å². The van der Waals surface area contributed by atoms with Crippen LogP contribution in [0, 0.1) is 10.1 Å². The Balaban J connectivity index is 2.99. The first-order valence-corrected chi connectivity index (χ1v) is 5.84. The third-order valence-electron chi connectivity index (χ3n) is 1.80. The Hall–Kier alpha value is -1.30. The number of nitrogens with zero attached hydrogens (tertiary/aromatic N) is 2. The maximum atomic E-state index is 10.7. The van der Waals surface area contributed by atoms with E-state index in [1.807, 2.05) is 13.2 Å². The largest absolute Gasteiger partial charge is 0.364 e. The highest BCUT2D eigenvalue weighted by Crippen LogP contribution is 2.25. The van der Waals surface area contributed by atoms with Crippen LogP contribution in [0.3, 0.4) is 0 Å². The van der Waals surface area contributed by atoms with Gasteiger partial charge in [-0.3, -0.25) is 10.1 Å². The lowest BCUT2D eigenvalue weighted by atomic mass is 10.4. The summed E-state index contributed by atoms with van der Waals surface area (Å²) in [4.78, 5) is 14.4. The molecular formula is C9H13N3O2S. The van der Waals surface area contributed by atoms with E-state index in [-0.39, 0.29) is 5.69 Å². The predicted molar refractivity (Wildman–Crippen MR) is 61.5 cm³/mol. The van der Waals surface area contributed by atoms with Gasteiger partial charge in [-0.25, -0.2) is 4.98 Å². The van der Waals surface area contributed by atoms with Crippen molar-refractivity contribution >= 4 is 23.3 Å². The topological polar surface area (TPSA) is 68.1 Å². The molecule has 1 aromatic rings. The molecule has 1 N–H and O–H groups in total. The fourth-order valence-electron chi connectivity index (χ4n) is 1.07. The normalized spacial score (nSPS) is 10.0. The molecule has 5 nitrogen and oxygen atoms in total. The molecule has 0 radical (unpaired) electrons. The molecule has 82 valence electrons. The van der Waals surface area contributed by atoms with Gasteiger partial charge in [-0.05, 0) is 18.7 Å². The van der Waals surface area contributed by atoms with E-state index in [0.717, 1.165) is 11.4 Å². The van der Waals surface area contributed by atoms with Gasteiger partial charge in [0.05, 0.1) is 9.95 Å². The van der Waals surface area contributed by atoms with Crippen molar-refractivity contribution in [2.24, 2.45) is 0 Å². The summed E-state index contributed by atoms with van der Waals surface area (Å²) < 4.78 is 0. The molecule has 0 amide bonds. The molecule has 0 aliphatic carbocycles. The molecule has 0 fully saturated rings. The summed E-state index contributed by atoms with van der Waals surface area (Å²) in [5, 5.41) is 14.4. The van der Waals surface area contributed by atoms with E-state index >= 15 is 0 Å². The molecule has 1 aromatic heterocycles. The van der Waals surface area contributed by atoms with Gasteiger partial charge in [0.15, 0.2) is 0 Å². The molecule has 1 heterocycles. The maximum absolute atomic E-state index is 10.7. The van der Waals surface area contributed by atoms with Crippen LogP contribution in [0.4, 0.5) is 11.5 Å². The third kappa shape index (κ3) is 3.09. The van der Waals surface area contributed by atoms with Crippen LogP contribution >= 0.6 is 11.8 Å². The minimum atomic E-state index is -0.422. The molecule has 6 heteroatoms. The second kappa shape index (κ2) is 5.55. The van der Waals surface area contributed by atoms with Crippen LogP contribution in [0.2, 0.25) is 0 Å². The highest BCUT2D eigenvalue weighted by molar-refractivity contribution is 7.98. The van der Waals surface area contributed by atoms with Crippen molar-refractivity contribution < 1.29 is 4.92 Å². The van der Waals surface area contributed by atoms with Gasteiger partial charge in [0.1, 0.15) is 0 Å². The predicted octanol–water partition coefficient (Wildman–Crippen LogP) is 2.53. The number of rotatable bonds is 5. The first-order valence-electron chi connectivity index (χ1n) is 4.62. The summed E-state index contributed by atoms with van der Waals surface area (Å²) in [6.45, 7) is 2.68. The maximum Gasteiger partial charge on any atom is 0.311 e. The van der Waals surface area contributed by atoms with Crippen LogP contribution < -0.4 is 5.32 Å². The average Bonchev–Trinajstić information content (AvgIpc) is 2.25. The number of hydrogen-bond donors (Lipinski definition) is 1. The van der Waals surface area contributed by atoms with Crippen LogP contribution in [0.5, 0.6) is 0 Å². The Labute approximate surface area is 92.4 Å². The SMILES string of the molecule is CCCNc1nc(SC)ccc1[N+](=O)[O-]. The number of pyridine rings is 1. The molecule has 15 heavy (non-hydrogen) atoms. The van der Waals surface area contributed by atoms with Crippen LogP contribution in [0.1, 0.15) is 13.3 Å². The molecule has 0 bridgehead atoms. The highest BCUT2D eigenvalue weighted by Gasteiger charge is 2.14. The number of aromatic nitrogens is 1. The van der Waals surface area contributed by atoms with E-state index in [1.54, 1.807) is 6.07 Å². The zero-order chi connectivity index (χ0) is 11.3. The zero-order valence-corrected chi connectivity index (χ0v) is 9.50. The third-order valence-corrected chi connectivity index (χ3v) is 2.44. The van der Waals surface area contributed by atoms with Gasteiger partial charge in [0.25, 0.3) is 0 Å². The van der Waals surface area contributed by atoms with Gasteiger partial charge >= 0.3 is 5.69 Å². The van der Waals surface area contributed by atoms with Gasteiger partial charge in [0, 0.05) is 12.6 Å². The molecule has 0 aliphatic heterocycles. The Bertz CT molecular complexity index is 357. The number of thioether (sulfide) groups is 1. The number of nitro groups is 1. The monoisotopic (exact) mass is 227 g/mol. The second-order valence-electron chi connectivity index (χ2n) is 2.91. The van der Waals surface area contributed by atoms with Crippen molar-refractivity contribution in [3.8, 4) is 0 Å². The fraction of sp³-hybridized carbons (Fsp3) is 0.444. The molecule has 0 aliphatic rings. The summed E-state index contributed by atoms with van der Waals surface area (Å²) >= 11 is 1.46. The molecule has 0 saturated carbocycles. The van der Waals surface area contributed by atoms with E-state index in [1.165, 1.54) is 17.8 Å². The van der Waals surface area contributed by atoms with Crippen molar-refractivity contribution in [2.75, 3.05) is 18.1 Å². The molecule has 0 unspecified atom stereocenters. The Morgan fingerprint density at radius 2 is 2.33 bits per heavy atom. The summed E-state index contributed by atoms with van der Waals surface area (Å²) in [5.74, 6) is 0.355. The van der Waals surface area contributed by atoms with Crippen LogP contribution in [0.15, 0.2) is 17.2 Å². The second-order valence-corrected chi connectivity index (χ2v) is 3.73. The average molecular weight is 227 g/mol. The van der Waals surface area contributed by atoms with Gasteiger partial charge in [0.2, 0.25) is 5.82 Å². The zero-order valence-electron chi connectivity index (χ0n) is 8.69. The standard InChI is InChI=1S/C9H13N3O2S/c1-3-6-10-9-7(12(13)14)4-5-8(11-9)15-2/h4-5H,3,6H2,1-2H3,(H,10,11). The fourth-order valence-corrected chi connectivity index (χ4v) is 1.46. The molecule has 0 spiro atoms. The van der Waals surface area contributed by atoms with Gasteiger partial charge < -0.3 is 5.32 Å². The lowest BCUT2D eigenvalue weighted by molar-refractivity contribution is -0.384. The highest BCUT2D eigenvalue weighted by atomic mass is 32.2. The van der Waals surface area contributed by atoms with E-state index in [9.17, 15) is 10.1 Å². The Morgan fingerprint density at radius 1 is 1.60 bits per heavy atom. The quantitative estimate of drug-likeness (QED) is 0.475. The van der Waals surface area contributed by atoms with Gasteiger partial charge in [-0.1, -0.05) is 6.92 Å². The molecule has 1 rings (SSSR count). The van der Waals surface area contributed by atoms with Crippen molar-refractivity contribution in [3.05, 3.63) is 22.2 Å². The van der Waals surface area contributed by atoms with Crippen molar-refractivity contribution in [1.29, 1.82) is 0 Å². The summed E-state index contributed by atoms with van der Waals surface area (Å²) in [7, 11) is 0. The molecule has 0 atom stereocenters. The smallest absolute Gasteiger partial charge is 0.311 e. The number of nitrogens with one attached hydrogen (secondary N) is 1. The summed E-state index contributed by atoms with van der Waals surface area (Å²) in [6.07, 6.45) is 2.79. The van der Waals surface area contributed by atoms with Gasteiger partial charge in [-0.15, -0.1) is 11.8 Å². The van der Waals surface area contributed by atoms with E-state index < -0.39 is 4.92 Å². The van der Waals surface area contributed by atoms with Crippen LogP contribution in [-0.4, -0.2) is 22.7 Å². The summed E-state index contributed by atoms with van der Waals surface area (Å²) in [5.41, 5.74) is 0.0289. The Morgan fingerprint density at radius 3 is 2.87 bits per heavy atom. The van der Waals surface area contributed by atoms with E-state index in [0.29, 0.717) is 12.4 Å². The first-order chi connectivity index (χ1) is 7.19. The lowest BCUT2D eigenvalue weighted by Crippen LogP contribution is -2.05. The van der Waals surface area contributed by atoms with Crippen molar-refractivity contribution in [3.63, 3.8) is 0 Å². The first kappa shape index (κ1) is 11.8. The minimum absolute atomic E-state index is 0.0289. The number of hydrogen-bond acceptors (Lipinski definition) is 5. The lowest BCUT2D eigenvalue weighted by Gasteiger charge is -2.05. The number of anilines is 1. The molecule has 0 aromatic carbocycles. The summed E-state index contributed by atoms with van der Waals surface area (Å²) in [6, 6.07) is 3.14. The molecule has 0 saturated heterocycles. The molecular weight excluding hydrogens is 214 g/mol. The van der Waals surface area contributed by atoms with Crippen molar-refractivity contribution in [1.82, 2.24) is 4.98 Å². The van der Waals surface area contributed by atoms with Crippen LogP contribution in [0.25, 0.3) is 0 Å².